The van der Waals surface area contributed by atoms with Gasteiger partial charge in [-0.25, -0.2) is 18.4 Å². The van der Waals surface area contributed by atoms with Crippen LogP contribution in [0.3, 0.4) is 0 Å². The van der Waals surface area contributed by atoms with Gasteiger partial charge in [0.25, 0.3) is 0 Å². The van der Waals surface area contributed by atoms with Crippen LogP contribution in [0.25, 0.3) is 11.1 Å². The Morgan fingerprint density at radius 2 is 1.37 bits per heavy atom. The molecule has 19 heteroatoms. The summed E-state index contributed by atoms with van der Waals surface area (Å²) < 4.78 is 36.5. The molecule has 8 N–H and O–H groups in total. The van der Waals surface area contributed by atoms with Gasteiger partial charge in [-0.2, -0.15) is 0 Å². The number of aliphatic carboxylic acids is 1. The monoisotopic (exact) mass is 903 g/mol. The zero-order chi connectivity index (χ0) is 48.0. The van der Waals surface area contributed by atoms with Gasteiger partial charge in [-0.05, 0) is 61.1 Å². The lowest BCUT2D eigenvalue weighted by atomic mass is 9.82. The minimum atomic E-state index is -1.73. The zero-order valence-electron chi connectivity index (χ0n) is 36.7. The second-order valence-electron chi connectivity index (χ2n) is 16.5. The SMILES string of the molecule is C[C@H](NC(=O)OCc1ccccc1)C(=O)N[C@@H](C)C(=O)N[C@@H](CC(N)=O)C(=O)N[C@@H](CCN(C(=O)CO)[C@@H](c1cc(-c2cc(F)ccc2F)cn1Cc1ccccc1)C(C)(C)C)C(=O)O. The molecule has 0 aliphatic rings. The number of aliphatic hydroxyl groups is 1. The van der Waals surface area contributed by atoms with Crippen LogP contribution in [0.1, 0.15) is 70.3 Å². The van der Waals surface area contributed by atoms with Crippen LogP contribution in [0.15, 0.2) is 91.1 Å². The highest BCUT2D eigenvalue weighted by atomic mass is 19.1. The molecule has 4 aromatic rings. The van der Waals surface area contributed by atoms with E-state index in [0.717, 1.165) is 23.8 Å². The predicted octanol–water partition coefficient (Wildman–Crippen LogP) is 3.53. The fraction of sp³-hybridized carbons (Fsp3) is 0.370. The Bertz CT molecular complexity index is 2320. The molecule has 0 saturated heterocycles. The molecule has 0 spiro atoms. The average Bonchev–Trinajstić information content (AvgIpc) is 3.65. The quantitative estimate of drug-likeness (QED) is 0.0641. The third-order valence-corrected chi connectivity index (χ3v) is 10.2. The summed E-state index contributed by atoms with van der Waals surface area (Å²) in [5.41, 5.74) is 6.75. The molecule has 3 aromatic carbocycles. The number of nitrogens with two attached hydrogens (primary N) is 1. The van der Waals surface area contributed by atoms with Gasteiger partial charge in [-0.1, -0.05) is 81.4 Å². The van der Waals surface area contributed by atoms with Crippen molar-refractivity contribution in [3.63, 3.8) is 0 Å². The van der Waals surface area contributed by atoms with Crippen molar-refractivity contribution in [3.05, 3.63) is 120 Å². The van der Waals surface area contributed by atoms with E-state index in [2.05, 4.69) is 21.3 Å². The summed E-state index contributed by atoms with van der Waals surface area (Å²) in [7, 11) is 0. The number of aromatic nitrogens is 1. The van der Waals surface area contributed by atoms with Crippen LogP contribution >= 0.6 is 0 Å². The largest absolute Gasteiger partial charge is 0.480 e. The summed E-state index contributed by atoms with van der Waals surface area (Å²) in [6, 6.07) is 15.7. The van der Waals surface area contributed by atoms with Crippen LogP contribution < -0.4 is 27.0 Å². The van der Waals surface area contributed by atoms with E-state index in [1.54, 1.807) is 67.9 Å². The molecular weight excluding hydrogens is 849 g/mol. The van der Waals surface area contributed by atoms with Crippen molar-refractivity contribution in [2.45, 2.75) is 90.8 Å². The van der Waals surface area contributed by atoms with E-state index in [9.17, 15) is 48.2 Å². The minimum absolute atomic E-state index is 0.0443. The standard InChI is InChI=1S/C46H55F2N7O10/c1-27(50-41(59)28(2)51-45(64)65-26-30-14-10-7-11-15-30)42(60)53-36(22-38(49)57)43(61)52-35(44(62)63)18-19-55(39(58)25-56)40(46(3,4)5)37-20-31(33-21-32(47)16-17-34(33)48)24-54(37)23-29-12-8-6-9-13-29/h6-17,20-21,24,27-28,35-36,40,56H,18-19,22-23,25-26H2,1-5H3,(H2,49,57)(H,50,59)(H,51,64)(H,52,61)(H,53,60)(H,62,63)/t27-,28-,35-,36-,40-/m0/s1. The molecule has 0 aliphatic heterocycles. The first-order valence-corrected chi connectivity index (χ1v) is 20.7. The molecule has 0 saturated carbocycles. The maximum absolute atomic E-state index is 15.2. The Balaban J connectivity index is 1.52. The predicted molar refractivity (Wildman–Crippen MR) is 233 cm³/mol. The molecule has 0 unspecified atom stereocenters. The van der Waals surface area contributed by atoms with E-state index in [4.69, 9.17) is 10.5 Å². The Hall–Kier alpha value is -7.15. The first-order chi connectivity index (χ1) is 30.7. The van der Waals surface area contributed by atoms with Gasteiger partial charge in [0.1, 0.15) is 49.0 Å². The van der Waals surface area contributed by atoms with Gasteiger partial charge in [-0.15, -0.1) is 0 Å². The van der Waals surface area contributed by atoms with Crippen molar-refractivity contribution in [1.82, 2.24) is 30.7 Å². The highest BCUT2D eigenvalue weighted by molar-refractivity contribution is 5.96. The number of nitrogens with one attached hydrogen (secondary N) is 4. The second-order valence-corrected chi connectivity index (χ2v) is 16.5. The highest BCUT2D eigenvalue weighted by Crippen LogP contribution is 2.41. The molecule has 1 aromatic heterocycles. The third kappa shape index (κ3) is 14.7. The summed E-state index contributed by atoms with van der Waals surface area (Å²) in [6.45, 7) is 6.80. The summed E-state index contributed by atoms with van der Waals surface area (Å²) >= 11 is 0. The highest BCUT2D eigenvalue weighted by Gasteiger charge is 2.38. The number of primary amides is 1. The summed E-state index contributed by atoms with van der Waals surface area (Å²) in [5, 5.41) is 29.8. The molecule has 4 rings (SSSR count). The normalized spacial score (nSPS) is 13.5. The number of carbonyl (C=O) groups excluding carboxylic acids is 6. The molecule has 17 nitrogen and oxygen atoms in total. The lowest BCUT2D eigenvalue weighted by Crippen LogP contribution is -2.57. The number of nitrogens with zero attached hydrogens (tertiary/aromatic N) is 2. The molecule has 5 atom stereocenters. The summed E-state index contributed by atoms with van der Waals surface area (Å²) in [5.74, 6) is -7.67. The molecule has 0 aliphatic carbocycles. The van der Waals surface area contributed by atoms with Gasteiger partial charge in [0.2, 0.25) is 29.5 Å². The fourth-order valence-electron chi connectivity index (χ4n) is 7.02. The molecule has 0 radical (unpaired) electrons. The van der Waals surface area contributed by atoms with E-state index in [-0.39, 0.29) is 30.8 Å². The number of hydrogen-bond donors (Lipinski definition) is 7. The molecule has 0 fully saturated rings. The topological polar surface area (TPSA) is 251 Å². The maximum atomic E-state index is 15.2. The van der Waals surface area contributed by atoms with Crippen LogP contribution in [0, 0.1) is 17.0 Å². The molecular formula is C46H55F2N7O10. The number of halogens is 2. The van der Waals surface area contributed by atoms with E-state index < -0.39 is 108 Å². The number of benzene rings is 3. The van der Waals surface area contributed by atoms with Crippen LogP contribution in [-0.4, -0.2) is 98.6 Å². The number of ether oxygens (including phenoxy) is 1. The average molecular weight is 904 g/mol. The number of alkyl carbamates (subject to hydrolysis) is 1. The van der Waals surface area contributed by atoms with Crippen molar-refractivity contribution in [1.29, 1.82) is 0 Å². The van der Waals surface area contributed by atoms with Crippen LogP contribution in [-0.2, 0) is 46.7 Å². The number of hydrogen-bond acceptors (Lipinski definition) is 9. The number of amides is 6. The van der Waals surface area contributed by atoms with Crippen molar-refractivity contribution < 1.29 is 57.3 Å². The zero-order valence-corrected chi connectivity index (χ0v) is 36.7. The van der Waals surface area contributed by atoms with Crippen LogP contribution in [0.4, 0.5) is 13.6 Å². The van der Waals surface area contributed by atoms with Gasteiger partial charge in [0.05, 0.1) is 12.5 Å². The van der Waals surface area contributed by atoms with Crippen molar-refractivity contribution in [2.75, 3.05) is 13.2 Å². The maximum Gasteiger partial charge on any atom is 0.408 e. The second kappa shape index (κ2) is 23.0. The first-order valence-electron chi connectivity index (χ1n) is 20.7. The van der Waals surface area contributed by atoms with E-state index in [1.165, 1.54) is 18.7 Å². The van der Waals surface area contributed by atoms with Crippen LogP contribution in [0.5, 0.6) is 0 Å². The summed E-state index contributed by atoms with van der Waals surface area (Å²) in [4.78, 5) is 91.5. The lowest BCUT2D eigenvalue weighted by Gasteiger charge is -2.41. The number of carboxylic acid groups (broad SMARTS) is 1. The third-order valence-electron chi connectivity index (χ3n) is 10.2. The minimum Gasteiger partial charge on any atom is -0.480 e. The van der Waals surface area contributed by atoms with Crippen molar-refractivity contribution in [2.24, 2.45) is 11.1 Å². The van der Waals surface area contributed by atoms with Crippen molar-refractivity contribution in [3.8, 4) is 11.1 Å². The van der Waals surface area contributed by atoms with Gasteiger partial charge < -0.3 is 51.4 Å². The fourth-order valence-corrected chi connectivity index (χ4v) is 7.02. The lowest BCUT2D eigenvalue weighted by molar-refractivity contribution is -0.145. The molecule has 0 bridgehead atoms. The number of carbonyl (C=O) groups is 7. The smallest absolute Gasteiger partial charge is 0.408 e. The molecule has 1 heterocycles. The Kier molecular flexibility index (Phi) is 17.8. The van der Waals surface area contributed by atoms with Crippen LogP contribution in [0.2, 0.25) is 0 Å². The summed E-state index contributed by atoms with van der Waals surface area (Å²) in [6.07, 6.45) is -0.514. The van der Waals surface area contributed by atoms with Crippen molar-refractivity contribution >= 4 is 41.6 Å². The van der Waals surface area contributed by atoms with Gasteiger partial charge in [0.15, 0.2) is 0 Å². The number of rotatable bonds is 21. The molecule has 348 valence electrons. The van der Waals surface area contributed by atoms with Gasteiger partial charge >= 0.3 is 12.1 Å². The van der Waals surface area contributed by atoms with E-state index >= 15 is 4.39 Å². The number of carboxylic acids is 1. The van der Waals surface area contributed by atoms with Gasteiger partial charge in [-0.3, -0.25) is 24.0 Å². The Morgan fingerprint density at radius 3 is 1.95 bits per heavy atom. The van der Waals surface area contributed by atoms with Gasteiger partial charge in [0, 0.05) is 36.1 Å². The van der Waals surface area contributed by atoms with E-state index in [0.29, 0.717) is 11.3 Å². The number of aliphatic hydroxyl groups excluding tert-OH is 1. The Morgan fingerprint density at radius 1 is 0.785 bits per heavy atom. The molecule has 6 amide bonds. The Labute approximate surface area is 374 Å². The van der Waals surface area contributed by atoms with E-state index in [1.807, 2.05) is 30.3 Å². The first kappa shape index (κ1) is 50.5. The molecule has 65 heavy (non-hydrogen) atoms.